The van der Waals surface area contributed by atoms with Crippen LogP contribution in [0.2, 0.25) is 0 Å². The molecule has 0 amide bonds. The van der Waals surface area contributed by atoms with E-state index in [1.54, 1.807) is 0 Å². The minimum atomic E-state index is 0.288. The van der Waals surface area contributed by atoms with Crippen molar-refractivity contribution in [2.24, 2.45) is 5.92 Å². The first-order valence-electron chi connectivity index (χ1n) is 9.70. The van der Waals surface area contributed by atoms with Crippen molar-refractivity contribution >= 4 is 0 Å². The van der Waals surface area contributed by atoms with Gasteiger partial charge < -0.3 is 14.6 Å². The summed E-state index contributed by atoms with van der Waals surface area (Å²) in [4.78, 5) is 5.28. The molecule has 138 valence electrons. The number of fused-ring (bicyclic) bond motifs is 2. The summed E-state index contributed by atoms with van der Waals surface area (Å²) in [5.74, 6) is 2.31. The lowest BCUT2D eigenvalue weighted by molar-refractivity contribution is 0.0300. The second kappa shape index (κ2) is 7.52. The molecule has 0 saturated carbocycles. The van der Waals surface area contributed by atoms with Gasteiger partial charge in [0.2, 0.25) is 6.79 Å². The van der Waals surface area contributed by atoms with Gasteiger partial charge in [-0.3, -0.25) is 9.80 Å². The predicted molar refractivity (Wildman–Crippen MR) is 97.1 cm³/mol. The van der Waals surface area contributed by atoms with Gasteiger partial charge in [0.25, 0.3) is 0 Å². The molecule has 2 fully saturated rings. The van der Waals surface area contributed by atoms with Gasteiger partial charge in [0, 0.05) is 38.3 Å². The average Bonchev–Trinajstić information content (AvgIpc) is 3.23. The fraction of sp³-hybridized carbons (Fsp3) is 0.700. The highest BCUT2D eigenvalue weighted by molar-refractivity contribution is 5.44. The zero-order chi connectivity index (χ0) is 17.2. The Morgan fingerprint density at radius 1 is 1.24 bits per heavy atom. The fourth-order valence-electron chi connectivity index (χ4n) is 4.73. The van der Waals surface area contributed by atoms with E-state index in [0.29, 0.717) is 18.8 Å². The summed E-state index contributed by atoms with van der Waals surface area (Å²) >= 11 is 0. The SMILES string of the molecule is C[C@H](Cc1ccc2c(c1)OCO2)CN1C[C@@H]2CCCN2C[C@H]1CCO. The lowest BCUT2D eigenvalue weighted by Gasteiger charge is -2.44. The molecule has 3 heterocycles. The van der Waals surface area contributed by atoms with Gasteiger partial charge in [-0.05, 0) is 55.8 Å². The van der Waals surface area contributed by atoms with Crippen LogP contribution in [0.25, 0.3) is 0 Å². The van der Waals surface area contributed by atoms with E-state index < -0.39 is 0 Å². The largest absolute Gasteiger partial charge is 0.454 e. The van der Waals surface area contributed by atoms with Crippen molar-refractivity contribution in [2.75, 3.05) is 39.6 Å². The van der Waals surface area contributed by atoms with E-state index in [-0.39, 0.29) is 6.61 Å². The Morgan fingerprint density at radius 2 is 2.12 bits per heavy atom. The fourth-order valence-corrected chi connectivity index (χ4v) is 4.73. The number of ether oxygens (including phenoxy) is 2. The number of hydrogen-bond acceptors (Lipinski definition) is 5. The number of piperazine rings is 1. The third kappa shape index (κ3) is 3.78. The Balaban J connectivity index is 1.37. The molecule has 0 aliphatic carbocycles. The highest BCUT2D eigenvalue weighted by Gasteiger charge is 2.36. The number of aliphatic hydroxyl groups excluding tert-OH is 1. The normalized spacial score (nSPS) is 27.4. The minimum absolute atomic E-state index is 0.288. The van der Waals surface area contributed by atoms with Crippen LogP contribution >= 0.6 is 0 Å². The van der Waals surface area contributed by atoms with Crippen LogP contribution in [-0.4, -0.2) is 66.6 Å². The molecule has 0 spiro atoms. The van der Waals surface area contributed by atoms with E-state index in [9.17, 15) is 5.11 Å². The number of hydrogen-bond donors (Lipinski definition) is 1. The molecule has 1 N–H and O–H groups in total. The third-order valence-electron chi connectivity index (χ3n) is 5.94. The maximum absolute atomic E-state index is 9.46. The van der Waals surface area contributed by atoms with E-state index in [2.05, 4.69) is 28.9 Å². The van der Waals surface area contributed by atoms with E-state index in [1.165, 1.54) is 24.9 Å². The lowest BCUT2D eigenvalue weighted by atomic mass is 9.97. The second-order valence-electron chi connectivity index (χ2n) is 7.91. The molecule has 25 heavy (non-hydrogen) atoms. The summed E-state index contributed by atoms with van der Waals surface area (Å²) in [6.45, 7) is 7.59. The summed E-state index contributed by atoms with van der Waals surface area (Å²) in [6.07, 6.45) is 4.60. The van der Waals surface area contributed by atoms with Crippen molar-refractivity contribution in [3.63, 3.8) is 0 Å². The molecule has 2 saturated heterocycles. The van der Waals surface area contributed by atoms with Crippen molar-refractivity contribution in [3.05, 3.63) is 23.8 Å². The molecule has 5 heteroatoms. The van der Waals surface area contributed by atoms with Gasteiger partial charge >= 0.3 is 0 Å². The first-order valence-corrected chi connectivity index (χ1v) is 9.70. The molecule has 0 radical (unpaired) electrons. The van der Waals surface area contributed by atoms with E-state index in [4.69, 9.17) is 9.47 Å². The van der Waals surface area contributed by atoms with Crippen LogP contribution in [0.1, 0.15) is 31.7 Å². The van der Waals surface area contributed by atoms with Gasteiger partial charge in [-0.2, -0.15) is 0 Å². The molecule has 1 aromatic carbocycles. The van der Waals surface area contributed by atoms with Crippen LogP contribution in [0.3, 0.4) is 0 Å². The molecule has 1 aromatic rings. The maximum atomic E-state index is 9.46. The standard InChI is InChI=1S/C20H30N2O3/c1-15(9-16-4-5-19-20(10-16)25-14-24-19)11-22-13-17-3-2-7-21(17)12-18(22)6-8-23/h4-5,10,15,17-18,23H,2-3,6-9,11-14H2,1H3/t15-,17+,18-/m1/s1. The van der Waals surface area contributed by atoms with Gasteiger partial charge in [-0.25, -0.2) is 0 Å². The van der Waals surface area contributed by atoms with Crippen LogP contribution in [0.4, 0.5) is 0 Å². The molecule has 5 nitrogen and oxygen atoms in total. The average molecular weight is 346 g/mol. The topological polar surface area (TPSA) is 45.2 Å². The van der Waals surface area contributed by atoms with E-state index in [0.717, 1.165) is 50.0 Å². The van der Waals surface area contributed by atoms with Crippen molar-refractivity contribution in [2.45, 2.75) is 44.7 Å². The van der Waals surface area contributed by atoms with E-state index >= 15 is 0 Å². The summed E-state index contributed by atoms with van der Waals surface area (Å²) in [7, 11) is 0. The second-order valence-corrected chi connectivity index (χ2v) is 7.91. The predicted octanol–water partition coefficient (Wildman–Crippen LogP) is 2.12. The Hall–Kier alpha value is -1.30. The van der Waals surface area contributed by atoms with Crippen molar-refractivity contribution in [3.8, 4) is 11.5 Å². The molecule has 0 unspecified atom stereocenters. The molecule has 0 bridgehead atoms. The molecule has 0 aromatic heterocycles. The van der Waals surface area contributed by atoms with Gasteiger partial charge in [-0.1, -0.05) is 13.0 Å². The molecule has 4 rings (SSSR count). The van der Waals surface area contributed by atoms with Gasteiger partial charge in [-0.15, -0.1) is 0 Å². The van der Waals surface area contributed by atoms with Crippen LogP contribution in [-0.2, 0) is 6.42 Å². The third-order valence-corrected chi connectivity index (χ3v) is 5.94. The summed E-state index contributed by atoms with van der Waals surface area (Å²) in [5.41, 5.74) is 1.31. The summed E-state index contributed by atoms with van der Waals surface area (Å²) in [5, 5.41) is 9.46. The number of nitrogens with zero attached hydrogens (tertiary/aromatic N) is 2. The maximum Gasteiger partial charge on any atom is 0.231 e. The Morgan fingerprint density at radius 3 is 3.00 bits per heavy atom. The van der Waals surface area contributed by atoms with E-state index in [1.807, 2.05) is 6.07 Å². The summed E-state index contributed by atoms with van der Waals surface area (Å²) < 4.78 is 10.9. The molecule has 3 aliphatic rings. The zero-order valence-electron chi connectivity index (χ0n) is 15.2. The number of rotatable bonds is 6. The van der Waals surface area contributed by atoms with Crippen molar-refractivity contribution in [1.29, 1.82) is 0 Å². The molecular formula is C20H30N2O3. The first-order chi connectivity index (χ1) is 12.2. The highest BCUT2D eigenvalue weighted by atomic mass is 16.7. The Labute approximate surface area is 150 Å². The Kier molecular flexibility index (Phi) is 5.15. The first kappa shape index (κ1) is 17.1. The van der Waals surface area contributed by atoms with Gasteiger partial charge in [0.15, 0.2) is 11.5 Å². The van der Waals surface area contributed by atoms with Crippen molar-refractivity contribution in [1.82, 2.24) is 9.80 Å². The number of aliphatic hydroxyl groups is 1. The minimum Gasteiger partial charge on any atom is -0.454 e. The van der Waals surface area contributed by atoms with Crippen molar-refractivity contribution < 1.29 is 14.6 Å². The van der Waals surface area contributed by atoms with Gasteiger partial charge in [0.1, 0.15) is 0 Å². The van der Waals surface area contributed by atoms with Crippen LogP contribution in [0.15, 0.2) is 18.2 Å². The zero-order valence-corrected chi connectivity index (χ0v) is 15.2. The van der Waals surface area contributed by atoms with Crippen LogP contribution < -0.4 is 9.47 Å². The monoisotopic (exact) mass is 346 g/mol. The number of benzene rings is 1. The van der Waals surface area contributed by atoms with Crippen LogP contribution in [0.5, 0.6) is 11.5 Å². The molecule has 3 aliphatic heterocycles. The van der Waals surface area contributed by atoms with Gasteiger partial charge in [0.05, 0.1) is 0 Å². The van der Waals surface area contributed by atoms with Crippen LogP contribution in [0, 0.1) is 5.92 Å². The molecule has 3 atom stereocenters. The quantitative estimate of drug-likeness (QED) is 0.855. The Bertz CT molecular complexity index is 594. The smallest absolute Gasteiger partial charge is 0.231 e. The summed E-state index contributed by atoms with van der Waals surface area (Å²) in [6, 6.07) is 7.53. The highest BCUT2D eigenvalue weighted by Crippen LogP contribution is 2.33. The molecular weight excluding hydrogens is 316 g/mol. The lowest BCUT2D eigenvalue weighted by Crippen LogP contribution is -2.57.